The molecule has 2 aliphatic rings. The first-order valence-electron chi connectivity index (χ1n) is 7.99. The number of hydrogen-bond donors (Lipinski definition) is 0. The summed E-state index contributed by atoms with van der Waals surface area (Å²) in [6.45, 7) is 9.93. The van der Waals surface area contributed by atoms with Crippen molar-refractivity contribution in [2.45, 2.75) is 65.5 Å². The summed E-state index contributed by atoms with van der Waals surface area (Å²) in [5.74, 6) is 0.653. The third-order valence-corrected chi connectivity index (χ3v) is 4.51. The lowest BCUT2D eigenvalue weighted by Gasteiger charge is -2.41. The third kappa shape index (κ3) is 3.85. The van der Waals surface area contributed by atoms with Crippen LogP contribution in [0.15, 0.2) is 12.2 Å². The lowest BCUT2D eigenvalue weighted by atomic mass is 9.84. The van der Waals surface area contributed by atoms with Crippen LogP contribution in [0, 0.1) is 11.3 Å². The van der Waals surface area contributed by atoms with Crippen LogP contribution in [-0.4, -0.2) is 36.1 Å². The zero-order valence-electron chi connectivity index (χ0n) is 13.4. The molecule has 0 aromatic carbocycles. The highest BCUT2D eigenvalue weighted by atomic mass is 16.5. The Hall–Kier alpha value is -0.830. The summed E-state index contributed by atoms with van der Waals surface area (Å²) < 4.78 is 5.64. The molecule has 1 fully saturated rings. The van der Waals surface area contributed by atoms with Crippen molar-refractivity contribution in [3.63, 3.8) is 0 Å². The van der Waals surface area contributed by atoms with Crippen LogP contribution in [-0.2, 0) is 9.53 Å². The van der Waals surface area contributed by atoms with Crippen LogP contribution in [0.4, 0.5) is 0 Å². The topological polar surface area (TPSA) is 29.5 Å². The quantitative estimate of drug-likeness (QED) is 0.573. The van der Waals surface area contributed by atoms with E-state index in [4.69, 9.17) is 4.74 Å². The number of ether oxygens (including phenoxy) is 1. The van der Waals surface area contributed by atoms with E-state index < -0.39 is 5.41 Å². The van der Waals surface area contributed by atoms with Crippen molar-refractivity contribution in [2.24, 2.45) is 11.3 Å². The molecule has 1 aliphatic carbocycles. The van der Waals surface area contributed by atoms with Gasteiger partial charge in [-0.2, -0.15) is 0 Å². The molecule has 0 N–H and O–H groups in total. The van der Waals surface area contributed by atoms with Gasteiger partial charge >= 0.3 is 5.97 Å². The summed E-state index contributed by atoms with van der Waals surface area (Å²) in [7, 11) is 0. The van der Waals surface area contributed by atoms with E-state index in [1.165, 1.54) is 25.7 Å². The number of carbonyl (C=O) groups is 1. The first-order valence-corrected chi connectivity index (χ1v) is 7.99. The Balaban J connectivity index is 1.93. The summed E-state index contributed by atoms with van der Waals surface area (Å²) in [5, 5.41) is 0. The highest BCUT2D eigenvalue weighted by Crippen LogP contribution is 2.29. The standard InChI is InChI=1S/C17H29NO2/c1-13-8-5-6-10-15(13)18-11-7-9-14(12-18)20-16(19)17(2,3)4/h7,9,13-15H,5-6,8,10-12H2,1-4H3/t13?,14-,15?/m1/s1. The van der Waals surface area contributed by atoms with Gasteiger partial charge in [0.1, 0.15) is 6.10 Å². The van der Waals surface area contributed by atoms with Crippen LogP contribution < -0.4 is 0 Å². The summed E-state index contributed by atoms with van der Waals surface area (Å²) in [4.78, 5) is 14.5. The van der Waals surface area contributed by atoms with Crippen LogP contribution in [0.5, 0.6) is 0 Å². The molecule has 1 aliphatic heterocycles. The van der Waals surface area contributed by atoms with Crippen LogP contribution in [0.3, 0.4) is 0 Å². The van der Waals surface area contributed by atoms with Crippen LogP contribution in [0.2, 0.25) is 0 Å². The van der Waals surface area contributed by atoms with E-state index in [0.717, 1.165) is 19.0 Å². The zero-order valence-corrected chi connectivity index (χ0v) is 13.4. The Labute approximate surface area is 123 Å². The monoisotopic (exact) mass is 279 g/mol. The Kier molecular flexibility index (Phi) is 4.90. The Morgan fingerprint density at radius 3 is 2.60 bits per heavy atom. The summed E-state index contributed by atoms with van der Waals surface area (Å²) in [6.07, 6.45) is 9.45. The summed E-state index contributed by atoms with van der Waals surface area (Å²) >= 11 is 0. The van der Waals surface area contributed by atoms with E-state index in [2.05, 4.69) is 17.9 Å². The Morgan fingerprint density at radius 2 is 1.95 bits per heavy atom. The molecule has 3 heteroatoms. The average molecular weight is 279 g/mol. The maximum atomic E-state index is 12.0. The van der Waals surface area contributed by atoms with Crippen molar-refractivity contribution in [3.05, 3.63) is 12.2 Å². The van der Waals surface area contributed by atoms with Crippen LogP contribution in [0.25, 0.3) is 0 Å². The zero-order chi connectivity index (χ0) is 14.8. The van der Waals surface area contributed by atoms with Crippen molar-refractivity contribution in [1.82, 2.24) is 4.90 Å². The van der Waals surface area contributed by atoms with Crippen molar-refractivity contribution < 1.29 is 9.53 Å². The maximum absolute atomic E-state index is 12.0. The Morgan fingerprint density at radius 1 is 1.25 bits per heavy atom. The van der Waals surface area contributed by atoms with Gasteiger partial charge in [-0.25, -0.2) is 0 Å². The van der Waals surface area contributed by atoms with Gasteiger partial charge in [-0.3, -0.25) is 9.69 Å². The van der Waals surface area contributed by atoms with Gasteiger partial charge in [0.2, 0.25) is 0 Å². The highest BCUT2D eigenvalue weighted by molar-refractivity contribution is 5.75. The second-order valence-corrected chi connectivity index (χ2v) is 7.40. The number of nitrogens with zero attached hydrogens (tertiary/aromatic N) is 1. The summed E-state index contributed by atoms with van der Waals surface area (Å²) in [6, 6.07) is 0.657. The van der Waals surface area contributed by atoms with Gasteiger partial charge in [-0.15, -0.1) is 0 Å². The van der Waals surface area contributed by atoms with Gasteiger partial charge in [-0.05, 0) is 45.6 Å². The van der Waals surface area contributed by atoms with E-state index in [1.54, 1.807) is 0 Å². The number of rotatable bonds is 2. The van der Waals surface area contributed by atoms with E-state index in [0.29, 0.717) is 6.04 Å². The van der Waals surface area contributed by atoms with E-state index in [-0.39, 0.29) is 12.1 Å². The molecular weight excluding hydrogens is 250 g/mol. The minimum absolute atomic E-state index is 0.0791. The van der Waals surface area contributed by atoms with Crippen molar-refractivity contribution in [2.75, 3.05) is 13.1 Å². The van der Waals surface area contributed by atoms with Crippen molar-refractivity contribution in [3.8, 4) is 0 Å². The fourth-order valence-corrected chi connectivity index (χ4v) is 3.22. The van der Waals surface area contributed by atoms with E-state index >= 15 is 0 Å². The van der Waals surface area contributed by atoms with Gasteiger partial charge < -0.3 is 4.74 Å². The maximum Gasteiger partial charge on any atom is 0.311 e. The summed E-state index contributed by atoms with van der Waals surface area (Å²) in [5.41, 5.74) is -0.422. The van der Waals surface area contributed by atoms with Crippen molar-refractivity contribution >= 4 is 5.97 Å². The number of hydrogen-bond acceptors (Lipinski definition) is 3. The first-order chi connectivity index (χ1) is 9.38. The SMILES string of the molecule is CC1CCCCC1N1CC=C[C@@H](OC(=O)C(C)(C)C)C1. The second-order valence-electron chi connectivity index (χ2n) is 7.40. The molecule has 0 aromatic heterocycles. The van der Waals surface area contributed by atoms with Crippen molar-refractivity contribution in [1.29, 1.82) is 0 Å². The fourth-order valence-electron chi connectivity index (χ4n) is 3.22. The minimum atomic E-state index is -0.422. The normalized spacial score (nSPS) is 32.1. The highest BCUT2D eigenvalue weighted by Gasteiger charge is 2.32. The van der Waals surface area contributed by atoms with Gasteiger partial charge in [0, 0.05) is 19.1 Å². The fraction of sp³-hybridized carbons (Fsp3) is 0.824. The molecular formula is C17H29NO2. The molecule has 3 atom stereocenters. The van der Waals surface area contributed by atoms with E-state index in [1.807, 2.05) is 26.8 Å². The molecule has 0 aromatic rings. The molecule has 0 saturated heterocycles. The number of esters is 1. The third-order valence-electron chi connectivity index (χ3n) is 4.51. The molecule has 0 radical (unpaired) electrons. The predicted octanol–water partition coefficient (Wildman–Crippen LogP) is 3.39. The number of carbonyl (C=O) groups excluding carboxylic acids is 1. The van der Waals surface area contributed by atoms with Gasteiger partial charge in [0.05, 0.1) is 5.41 Å². The Bertz CT molecular complexity index is 370. The molecule has 20 heavy (non-hydrogen) atoms. The first kappa shape index (κ1) is 15.6. The molecule has 1 heterocycles. The molecule has 114 valence electrons. The van der Waals surface area contributed by atoms with Crippen LogP contribution in [0.1, 0.15) is 53.4 Å². The molecule has 2 unspecified atom stereocenters. The molecule has 2 rings (SSSR count). The van der Waals surface area contributed by atoms with Gasteiger partial charge in [0.15, 0.2) is 0 Å². The molecule has 0 bridgehead atoms. The largest absolute Gasteiger partial charge is 0.456 e. The molecule has 0 amide bonds. The van der Waals surface area contributed by atoms with Gasteiger partial charge in [-0.1, -0.05) is 25.8 Å². The molecule has 3 nitrogen and oxygen atoms in total. The lowest BCUT2D eigenvalue weighted by Crippen LogP contribution is -2.48. The average Bonchev–Trinajstić information content (AvgIpc) is 2.38. The smallest absolute Gasteiger partial charge is 0.311 e. The van der Waals surface area contributed by atoms with Crippen LogP contribution >= 0.6 is 0 Å². The second kappa shape index (κ2) is 6.30. The molecule has 0 spiro atoms. The van der Waals surface area contributed by atoms with Gasteiger partial charge in [0.25, 0.3) is 0 Å². The predicted molar refractivity (Wildman–Crippen MR) is 81.5 cm³/mol. The minimum Gasteiger partial charge on any atom is -0.456 e. The van der Waals surface area contributed by atoms with E-state index in [9.17, 15) is 4.79 Å². The molecule has 1 saturated carbocycles. The lowest BCUT2D eigenvalue weighted by molar-refractivity contribution is -0.157.